The van der Waals surface area contributed by atoms with Crippen molar-refractivity contribution in [3.63, 3.8) is 0 Å². The maximum Gasteiger partial charge on any atom is 0.160 e. The molecule has 0 N–H and O–H groups in total. The van der Waals surface area contributed by atoms with Gasteiger partial charge in [0, 0.05) is 17.6 Å². The minimum absolute atomic E-state index is 0.501. The third-order valence-corrected chi connectivity index (χ3v) is 2.52. The first-order valence-corrected chi connectivity index (χ1v) is 5.39. The van der Waals surface area contributed by atoms with E-state index in [1.807, 2.05) is 0 Å². The van der Waals surface area contributed by atoms with E-state index in [0.717, 1.165) is 17.8 Å². The molecule has 0 amide bonds. The molecule has 0 saturated heterocycles. The molecule has 2 rings (SSSR count). The maximum absolute atomic E-state index is 12.9. The number of aromatic nitrogens is 2. The van der Waals surface area contributed by atoms with Crippen LogP contribution in [0.3, 0.4) is 0 Å². The molecule has 1 heterocycles. The van der Waals surface area contributed by atoms with E-state index in [1.54, 1.807) is 12.3 Å². The van der Waals surface area contributed by atoms with Gasteiger partial charge >= 0.3 is 0 Å². The van der Waals surface area contributed by atoms with E-state index in [2.05, 4.69) is 21.0 Å². The van der Waals surface area contributed by atoms with Gasteiger partial charge in [-0.15, -0.1) is 0 Å². The van der Waals surface area contributed by atoms with Crippen molar-refractivity contribution in [2.45, 2.75) is 5.33 Å². The normalized spacial score (nSPS) is 10.6. The van der Waals surface area contributed by atoms with Crippen molar-refractivity contribution >= 4 is 15.9 Å². The van der Waals surface area contributed by atoms with Gasteiger partial charge in [-0.05, 0) is 18.2 Å². The highest BCUT2D eigenvalue weighted by molar-refractivity contribution is 9.08. The standard InChI is InChI=1S/C10H7BrF2N2/c11-6-7-3-4-15(14-7)8-1-2-9(12)10(13)5-8/h1-5H,6H2. The summed E-state index contributed by atoms with van der Waals surface area (Å²) >= 11 is 3.26. The Morgan fingerprint density at radius 2 is 2.00 bits per heavy atom. The smallest absolute Gasteiger partial charge is 0.160 e. The first-order valence-electron chi connectivity index (χ1n) is 4.26. The molecule has 0 radical (unpaired) electrons. The molecule has 0 aliphatic heterocycles. The highest BCUT2D eigenvalue weighted by Gasteiger charge is 2.05. The second-order valence-corrected chi connectivity index (χ2v) is 3.54. The van der Waals surface area contributed by atoms with Gasteiger partial charge in [-0.2, -0.15) is 5.10 Å². The van der Waals surface area contributed by atoms with Crippen LogP contribution in [0.1, 0.15) is 5.69 Å². The van der Waals surface area contributed by atoms with Gasteiger partial charge < -0.3 is 0 Å². The molecule has 0 unspecified atom stereocenters. The van der Waals surface area contributed by atoms with Crippen molar-refractivity contribution in [2.75, 3.05) is 0 Å². The molecule has 2 aromatic rings. The molecular weight excluding hydrogens is 266 g/mol. The van der Waals surface area contributed by atoms with Crippen molar-refractivity contribution in [1.29, 1.82) is 0 Å². The topological polar surface area (TPSA) is 17.8 Å². The van der Waals surface area contributed by atoms with E-state index in [1.165, 1.54) is 10.7 Å². The third kappa shape index (κ3) is 2.07. The highest BCUT2D eigenvalue weighted by Crippen LogP contribution is 2.13. The van der Waals surface area contributed by atoms with Gasteiger partial charge in [-0.25, -0.2) is 13.5 Å². The lowest BCUT2D eigenvalue weighted by atomic mass is 10.3. The molecule has 0 aliphatic carbocycles. The Balaban J connectivity index is 2.40. The van der Waals surface area contributed by atoms with Crippen molar-refractivity contribution in [3.8, 4) is 5.69 Å². The number of nitrogens with zero attached hydrogens (tertiary/aromatic N) is 2. The third-order valence-electron chi connectivity index (χ3n) is 1.95. The average Bonchev–Trinajstić information content (AvgIpc) is 2.70. The summed E-state index contributed by atoms with van der Waals surface area (Å²) in [5.41, 5.74) is 1.33. The summed E-state index contributed by atoms with van der Waals surface area (Å²) in [6.45, 7) is 0. The molecule has 1 aromatic heterocycles. The summed E-state index contributed by atoms with van der Waals surface area (Å²) in [4.78, 5) is 0. The number of benzene rings is 1. The van der Waals surface area contributed by atoms with Crippen LogP contribution in [0, 0.1) is 11.6 Å². The molecule has 2 nitrogen and oxygen atoms in total. The second kappa shape index (κ2) is 4.10. The number of hydrogen-bond donors (Lipinski definition) is 0. The summed E-state index contributed by atoms with van der Waals surface area (Å²) in [6.07, 6.45) is 1.70. The van der Waals surface area contributed by atoms with Crippen LogP contribution in [0.15, 0.2) is 30.5 Å². The summed E-state index contributed by atoms with van der Waals surface area (Å²) in [6, 6.07) is 5.47. The van der Waals surface area contributed by atoms with Crippen LogP contribution in [0.5, 0.6) is 0 Å². The molecule has 1 aromatic carbocycles. The summed E-state index contributed by atoms with van der Waals surface area (Å²) in [5, 5.41) is 4.78. The van der Waals surface area contributed by atoms with Gasteiger partial charge in [-0.1, -0.05) is 15.9 Å². The summed E-state index contributed by atoms with van der Waals surface area (Å²) in [7, 11) is 0. The molecule has 0 bridgehead atoms. The fourth-order valence-electron chi connectivity index (χ4n) is 1.20. The average molecular weight is 273 g/mol. The lowest BCUT2D eigenvalue weighted by Crippen LogP contribution is -1.97. The SMILES string of the molecule is Fc1ccc(-n2ccc(CBr)n2)cc1F. The monoisotopic (exact) mass is 272 g/mol. The van der Waals surface area contributed by atoms with Crippen molar-refractivity contribution in [3.05, 3.63) is 47.8 Å². The molecule has 15 heavy (non-hydrogen) atoms. The van der Waals surface area contributed by atoms with Gasteiger partial charge in [0.25, 0.3) is 0 Å². The Bertz CT molecular complexity index is 482. The maximum atomic E-state index is 12.9. The van der Waals surface area contributed by atoms with Crippen molar-refractivity contribution in [2.24, 2.45) is 0 Å². The van der Waals surface area contributed by atoms with Crippen LogP contribution in [0.25, 0.3) is 5.69 Å². The molecule has 78 valence electrons. The first kappa shape index (κ1) is 10.3. The van der Waals surface area contributed by atoms with Crippen LogP contribution >= 0.6 is 15.9 Å². The Hall–Kier alpha value is -1.23. The lowest BCUT2D eigenvalue weighted by Gasteiger charge is -2.01. The molecule has 0 spiro atoms. The Labute approximate surface area is 93.7 Å². The Morgan fingerprint density at radius 3 is 2.60 bits per heavy atom. The van der Waals surface area contributed by atoms with Crippen LogP contribution in [-0.4, -0.2) is 9.78 Å². The quantitative estimate of drug-likeness (QED) is 0.769. The van der Waals surface area contributed by atoms with E-state index in [0.29, 0.717) is 11.0 Å². The van der Waals surface area contributed by atoms with E-state index in [4.69, 9.17) is 0 Å². The minimum atomic E-state index is -0.872. The zero-order valence-corrected chi connectivity index (χ0v) is 9.21. The Kier molecular flexibility index (Phi) is 2.81. The van der Waals surface area contributed by atoms with Gasteiger partial charge in [0.15, 0.2) is 11.6 Å². The van der Waals surface area contributed by atoms with E-state index in [9.17, 15) is 8.78 Å². The molecule has 5 heteroatoms. The molecule has 0 saturated carbocycles. The van der Waals surface area contributed by atoms with Gasteiger partial charge in [0.1, 0.15) is 0 Å². The zero-order chi connectivity index (χ0) is 10.8. The predicted octanol–water partition coefficient (Wildman–Crippen LogP) is 3.05. The second-order valence-electron chi connectivity index (χ2n) is 2.98. The lowest BCUT2D eigenvalue weighted by molar-refractivity contribution is 0.507. The molecule has 0 fully saturated rings. The molecular formula is C10H7BrF2N2. The fourth-order valence-corrected chi connectivity index (χ4v) is 1.50. The van der Waals surface area contributed by atoms with Gasteiger partial charge in [0.05, 0.1) is 11.4 Å². The van der Waals surface area contributed by atoms with Crippen LogP contribution < -0.4 is 0 Å². The number of rotatable bonds is 2. The van der Waals surface area contributed by atoms with Gasteiger partial charge in [0.2, 0.25) is 0 Å². The zero-order valence-electron chi connectivity index (χ0n) is 7.62. The van der Waals surface area contributed by atoms with E-state index in [-0.39, 0.29) is 0 Å². The molecule has 0 aliphatic rings. The molecule has 0 atom stereocenters. The first-order chi connectivity index (χ1) is 7.20. The number of halogens is 3. The minimum Gasteiger partial charge on any atom is -0.241 e. The summed E-state index contributed by atoms with van der Waals surface area (Å²) in [5.74, 6) is -1.73. The van der Waals surface area contributed by atoms with Crippen molar-refractivity contribution < 1.29 is 8.78 Å². The predicted molar refractivity (Wildman–Crippen MR) is 56.1 cm³/mol. The van der Waals surface area contributed by atoms with Crippen LogP contribution in [0.4, 0.5) is 8.78 Å². The van der Waals surface area contributed by atoms with Gasteiger partial charge in [-0.3, -0.25) is 0 Å². The van der Waals surface area contributed by atoms with E-state index < -0.39 is 11.6 Å². The largest absolute Gasteiger partial charge is 0.241 e. The Morgan fingerprint density at radius 1 is 1.20 bits per heavy atom. The number of alkyl halides is 1. The number of hydrogen-bond acceptors (Lipinski definition) is 1. The van der Waals surface area contributed by atoms with Crippen molar-refractivity contribution in [1.82, 2.24) is 9.78 Å². The van der Waals surface area contributed by atoms with E-state index >= 15 is 0 Å². The summed E-state index contributed by atoms with van der Waals surface area (Å²) < 4.78 is 27.1. The fraction of sp³-hybridized carbons (Fsp3) is 0.100. The van der Waals surface area contributed by atoms with Crippen LogP contribution in [0.2, 0.25) is 0 Å². The van der Waals surface area contributed by atoms with Crippen LogP contribution in [-0.2, 0) is 5.33 Å². The highest BCUT2D eigenvalue weighted by atomic mass is 79.9.